The van der Waals surface area contributed by atoms with E-state index in [-0.39, 0.29) is 22.8 Å². The van der Waals surface area contributed by atoms with Crippen LogP contribution in [0.15, 0.2) is 29.1 Å². The summed E-state index contributed by atoms with van der Waals surface area (Å²) < 4.78 is 7.57. The van der Waals surface area contributed by atoms with Gasteiger partial charge in [-0.05, 0) is 26.3 Å². The lowest BCUT2D eigenvalue weighted by Crippen LogP contribution is -2.18. The number of carbonyl (C=O) groups is 1. The van der Waals surface area contributed by atoms with Gasteiger partial charge < -0.3 is 10.1 Å². The van der Waals surface area contributed by atoms with E-state index < -0.39 is 0 Å². The number of benzene rings is 1. The molecule has 0 bridgehead atoms. The number of anilines is 1. The van der Waals surface area contributed by atoms with Crippen LogP contribution in [0.1, 0.15) is 56.0 Å². The Bertz CT molecular complexity index is 843. The summed E-state index contributed by atoms with van der Waals surface area (Å²) in [7, 11) is 0. The molecular weight excluding hydrogens is 350 g/mol. The van der Waals surface area contributed by atoms with Gasteiger partial charge in [-0.25, -0.2) is 0 Å². The molecule has 2 N–H and O–H groups in total. The summed E-state index contributed by atoms with van der Waals surface area (Å²) in [6.45, 7) is 6.63. The fraction of sp³-hybridized carbons (Fsp3) is 0.474. The van der Waals surface area contributed by atoms with Crippen molar-refractivity contribution in [1.29, 1.82) is 0 Å². The van der Waals surface area contributed by atoms with Gasteiger partial charge in [0.25, 0.3) is 5.56 Å². The van der Waals surface area contributed by atoms with Crippen LogP contribution in [0.5, 0.6) is 5.75 Å². The molecule has 0 saturated heterocycles. The molecule has 26 heavy (non-hydrogen) atoms. The Hall–Kier alpha value is -2.15. The molecule has 1 amide bonds. The highest BCUT2D eigenvalue weighted by Gasteiger charge is 2.32. The maximum atomic E-state index is 12.8. The van der Waals surface area contributed by atoms with Crippen LogP contribution in [0.25, 0.3) is 0 Å². The molecule has 1 aromatic carbocycles. The van der Waals surface area contributed by atoms with Crippen molar-refractivity contribution in [3.63, 3.8) is 0 Å². The van der Waals surface area contributed by atoms with Crippen molar-refractivity contribution >= 4 is 23.5 Å². The average molecular weight is 375 g/mol. The van der Waals surface area contributed by atoms with Crippen LogP contribution in [0.2, 0.25) is 0 Å². The zero-order valence-electron chi connectivity index (χ0n) is 15.4. The van der Waals surface area contributed by atoms with Crippen LogP contribution in [0.3, 0.4) is 0 Å². The van der Waals surface area contributed by atoms with Gasteiger partial charge in [-0.3, -0.25) is 19.4 Å². The van der Waals surface area contributed by atoms with E-state index in [1.807, 2.05) is 38.1 Å². The number of thioether (sulfide) groups is 1. The third-order valence-electron chi connectivity index (χ3n) is 4.51. The van der Waals surface area contributed by atoms with Gasteiger partial charge in [-0.2, -0.15) is 0 Å². The monoisotopic (exact) mass is 375 g/mol. The molecule has 1 aliphatic heterocycles. The van der Waals surface area contributed by atoms with Gasteiger partial charge in [0.15, 0.2) is 0 Å². The molecule has 0 unspecified atom stereocenters. The van der Waals surface area contributed by atoms with Crippen molar-refractivity contribution < 1.29 is 9.53 Å². The first kappa shape index (κ1) is 18.6. The lowest BCUT2D eigenvalue weighted by molar-refractivity contribution is -0.113. The van der Waals surface area contributed by atoms with E-state index in [2.05, 4.69) is 17.3 Å². The smallest absolute Gasteiger partial charge is 0.270 e. The number of rotatable bonds is 6. The number of carbonyl (C=O) groups excluding carboxylic acids is 1. The summed E-state index contributed by atoms with van der Waals surface area (Å²) in [6, 6.07) is 7.82. The molecule has 6 nitrogen and oxygen atoms in total. The molecule has 0 radical (unpaired) electrons. The van der Waals surface area contributed by atoms with Crippen LogP contribution in [-0.2, 0) is 4.79 Å². The minimum Gasteiger partial charge on any atom is -0.494 e. The van der Waals surface area contributed by atoms with E-state index in [4.69, 9.17) is 4.74 Å². The first-order valence-electron chi connectivity index (χ1n) is 9.04. The number of H-pyrrole nitrogens is 1. The number of para-hydroxylation sites is 1. The second-order valence-electron chi connectivity index (χ2n) is 6.42. The highest BCUT2D eigenvalue weighted by Crippen LogP contribution is 2.43. The van der Waals surface area contributed by atoms with E-state index in [0.29, 0.717) is 23.7 Å². The third-order valence-corrected chi connectivity index (χ3v) is 5.76. The van der Waals surface area contributed by atoms with E-state index in [9.17, 15) is 9.59 Å². The van der Waals surface area contributed by atoms with Crippen molar-refractivity contribution in [2.75, 3.05) is 17.7 Å². The lowest BCUT2D eigenvalue weighted by Gasteiger charge is -2.18. The largest absolute Gasteiger partial charge is 0.494 e. The van der Waals surface area contributed by atoms with Gasteiger partial charge in [0.2, 0.25) is 5.91 Å². The zero-order chi connectivity index (χ0) is 18.7. The molecule has 2 heterocycles. The molecule has 0 aliphatic carbocycles. The number of ether oxygens (including phenoxy) is 1. The minimum atomic E-state index is -0.259. The van der Waals surface area contributed by atoms with Crippen molar-refractivity contribution in [3.8, 4) is 5.75 Å². The first-order valence-corrected chi connectivity index (χ1v) is 10.1. The van der Waals surface area contributed by atoms with Crippen LogP contribution < -0.4 is 15.6 Å². The predicted octanol–water partition coefficient (Wildman–Crippen LogP) is 3.71. The highest BCUT2D eigenvalue weighted by molar-refractivity contribution is 8.00. The zero-order valence-corrected chi connectivity index (χ0v) is 16.2. The number of hydrogen-bond donors (Lipinski definition) is 2. The molecule has 3 rings (SSSR count). The highest BCUT2D eigenvalue weighted by atomic mass is 32.2. The molecule has 7 heteroatoms. The SMILES string of the molecule is CCC[C@H](C)n1[nH]c(=O)c2c1NC(=O)CS[C@@H]2c1ccccc1OCC. The molecule has 2 aromatic rings. The second kappa shape index (κ2) is 8.03. The van der Waals surface area contributed by atoms with Crippen molar-refractivity contribution in [3.05, 3.63) is 45.7 Å². The van der Waals surface area contributed by atoms with Crippen LogP contribution in [-0.4, -0.2) is 28.0 Å². The maximum absolute atomic E-state index is 12.8. The number of aromatic amines is 1. The maximum Gasteiger partial charge on any atom is 0.270 e. The Balaban J connectivity index is 2.14. The summed E-state index contributed by atoms with van der Waals surface area (Å²) in [6.07, 6.45) is 1.91. The van der Waals surface area contributed by atoms with Crippen molar-refractivity contribution in [2.45, 2.75) is 44.9 Å². The average Bonchev–Trinajstić information content (AvgIpc) is 2.83. The van der Waals surface area contributed by atoms with Crippen LogP contribution in [0, 0.1) is 0 Å². The molecule has 1 aliphatic rings. The fourth-order valence-electron chi connectivity index (χ4n) is 3.35. The molecule has 0 fully saturated rings. The molecule has 0 spiro atoms. The van der Waals surface area contributed by atoms with Crippen LogP contribution >= 0.6 is 11.8 Å². The quantitative estimate of drug-likeness (QED) is 0.807. The van der Waals surface area contributed by atoms with Gasteiger partial charge in [0, 0.05) is 11.6 Å². The Labute approximate surface area is 157 Å². The number of nitrogens with one attached hydrogen (secondary N) is 2. The number of hydrogen-bond acceptors (Lipinski definition) is 4. The topological polar surface area (TPSA) is 76.1 Å². The third kappa shape index (κ3) is 3.53. The summed E-state index contributed by atoms with van der Waals surface area (Å²) in [5, 5.41) is 5.61. The summed E-state index contributed by atoms with van der Waals surface area (Å²) >= 11 is 1.46. The van der Waals surface area contributed by atoms with Crippen molar-refractivity contribution in [1.82, 2.24) is 9.78 Å². The standard InChI is InChI=1S/C19H25N3O3S/c1-4-8-12(3)22-18-16(19(24)21-22)17(26-11-15(23)20-18)13-9-6-7-10-14(13)25-5-2/h6-7,9-10,12,17H,4-5,8,11H2,1-3H3,(H,20,23)(H,21,24)/t12-,17+/m0/s1. The molecule has 1 aromatic heterocycles. The number of amides is 1. The Morgan fingerprint density at radius 3 is 2.81 bits per heavy atom. The predicted molar refractivity (Wildman–Crippen MR) is 105 cm³/mol. The lowest BCUT2D eigenvalue weighted by atomic mass is 10.0. The second-order valence-corrected chi connectivity index (χ2v) is 7.51. The van der Waals surface area contributed by atoms with Crippen molar-refractivity contribution in [2.24, 2.45) is 0 Å². The number of nitrogens with zero attached hydrogens (tertiary/aromatic N) is 1. The Morgan fingerprint density at radius 2 is 2.08 bits per heavy atom. The van der Waals surface area contributed by atoms with Gasteiger partial charge in [-0.15, -0.1) is 11.8 Å². The Morgan fingerprint density at radius 1 is 1.31 bits per heavy atom. The van der Waals surface area contributed by atoms with Crippen LogP contribution in [0.4, 0.5) is 5.82 Å². The summed E-state index contributed by atoms with van der Waals surface area (Å²) in [5.74, 6) is 1.54. The van der Waals surface area contributed by atoms with E-state index in [0.717, 1.165) is 24.2 Å². The molecular formula is C19H25N3O3S. The molecule has 2 atom stereocenters. The normalized spacial score (nSPS) is 18.0. The molecule has 140 valence electrons. The summed E-state index contributed by atoms with van der Waals surface area (Å²) in [5.41, 5.74) is 1.36. The van der Waals surface area contributed by atoms with E-state index in [1.54, 1.807) is 4.68 Å². The van der Waals surface area contributed by atoms with Gasteiger partial charge >= 0.3 is 0 Å². The number of fused-ring (bicyclic) bond motifs is 1. The van der Waals surface area contributed by atoms with Gasteiger partial charge in [-0.1, -0.05) is 31.5 Å². The summed E-state index contributed by atoms with van der Waals surface area (Å²) in [4.78, 5) is 25.1. The first-order chi connectivity index (χ1) is 12.6. The minimum absolute atomic E-state index is 0.0934. The number of aromatic nitrogens is 2. The Kier molecular flexibility index (Phi) is 5.76. The van der Waals surface area contributed by atoms with Gasteiger partial charge in [0.1, 0.15) is 11.6 Å². The molecule has 0 saturated carbocycles. The van der Waals surface area contributed by atoms with Gasteiger partial charge in [0.05, 0.1) is 23.2 Å². The van der Waals surface area contributed by atoms with E-state index in [1.165, 1.54) is 11.8 Å². The van der Waals surface area contributed by atoms with E-state index >= 15 is 0 Å². The fourth-order valence-corrected chi connectivity index (χ4v) is 4.50.